The summed E-state index contributed by atoms with van der Waals surface area (Å²) >= 11 is 0. The normalized spacial score (nSPS) is 24.6. The third-order valence-corrected chi connectivity index (χ3v) is 9.90. The molecule has 0 amide bonds. The van der Waals surface area contributed by atoms with E-state index >= 15 is 0 Å². The maximum absolute atomic E-state index is 2.54. The van der Waals surface area contributed by atoms with Crippen LogP contribution in [0.4, 0.5) is 0 Å². The Bertz CT molecular complexity index is 1940. The summed E-state index contributed by atoms with van der Waals surface area (Å²) in [5.74, 6) is 1.85. The molecule has 0 saturated carbocycles. The molecule has 0 fully saturated rings. The quantitative estimate of drug-likeness (QED) is 0.351. The fraction of sp³-hybridized carbons (Fsp3) is 0.250. The van der Waals surface area contributed by atoms with Crippen molar-refractivity contribution in [2.45, 2.75) is 44.9 Å². The standard InChI is InChI=1S/C40H36/c1-2-13-29-25-31(24-23-27(29)11-1)30-15-9-16-32(26-30)39-35-18-5-7-20-37(35)40(38-21-8-6-19-36(38)39)34-22-10-14-28-12-3-4-17-33(28)34/h1-5,7,9,11-12,14-21,23-24,29-31H,6,8,10,13,22,25-26H2. The summed E-state index contributed by atoms with van der Waals surface area (Å²) in [5, 5.41) is 8.59. The molecule has 196 valence electrons. The van der Waals surface area contributed by atoms with Gasteiger partial charge in [0.2, 0.25) is 0 Å². The van der Waals surface area contributed by atoms with Gasteiger partial charge in [0.25, 0.3) is 0 Å². The van der Waals surface area contributed by atoms with Crippen LogP contribution in [0.15, 0.2) is 103 Å². The topological polar surface area (TPSA) is 0 Å². The van der Waals surface area contributed by atoms with Gasteiger partial charge in [-0.2, -0.15) is 0 Å². The molecule has 0 nitrogen and oxygen atoms in total. The maximum atomic E-state index is 2.54. The van der Waals surface area contributed by atoms with Gasteiger partial charge in [0.05, 0.1) is 0 Å². The Balaban J connectivity index is 1.29. The van der Waals surface area contributed by atoms with Crippen LogP contribution >= 0.6 is 0 Å². The van der Waals surface area contributed by atoms with E-state index in [0.29, 0.717) is 17.8 Å². The first-order valence-corrected chi connectivity index (χ1v) is 15.3. The number of hydrogen-bond acceptors (Lipinski definition) is 0. The van der Waals surface area contributed by atoms with E-state index in [4.69, 9.17) is 0 Å². The average Bonchev–Trinajstić information content (AvgIpc) is 3.03. The lowest BCUT2D eigenvalue weighted by molar-refractivity contribution is 0.377. The van der Waals surface area contributed by atoms with Gasteiger partial charge in [-0.3, -0.25) is 0 Å². The maximum Gasteiger partial charge on any atom is -0.00639 e. The monoisotopic (exact) mass is 516 g/mol. The molecular formula is C40H36. The van der Waals surface area contributed by atoms with Crippen molar-refractivity contribution < 1.29 is 0 Å². The van der Waals surface area contributed by atoms with Crippen LogP contribution in [-0.4, -0.2) is 0 Å². The van der Waals surface area contributed by atoms with Crippen molar-refractivity contribution in [1.82, 2.24) is 0 Å². The van der Waals surface area contributed by atoms with Gasteiger partial charge in [-0.15, -0.1) is 0 Å². The van der Waals surface area contributed by atoms with Crippen LogP contribution in [-0.2, 0) is 0 Å². The van der Waals surface area contributed by atoms with Gasteiger partial charge in [-0.1, -0.05) is 115 Å². The van der Waals surface area contributed by atoms with Gasteiger partial charge < -0.3 is 0 Å². The third kappa shape index (κ3) is 3.96. The van der Waals surface area contributed by atoms with E-state index in [1.165, 1.54) is 72.3 Å². The van der Waals surface area contributed by atoms with Crippen molar-refractivity contribution in [2.24, 2.45) is 17.8 Å². The fourth-order valence-electron chi connectivity index (χ4n) is 8.01. The van der Waals surface area contributed by atoms with Crippen LogP contribution in [0.25, 0.3) is 40.1 Å². The Morgan fingerprint density at radius 2 is 1.48 bits per heavy atom. The summed E-state index contributed by atoms with van der Waals surface area (Å²) in [6.45, 7) is 0. The molecule has 5 aliphatic rings. The van der Waals surface area contributed by atoms with E-state index < -0.39 is 0 Å². The lowest BCUT2D eigenvalue weighted by Gasteiger charge is -2.33. The highest BCUT2D eigenvalue weighted by molar-refractivity contribution is 6.02. The molecule has 3 unspecified atom stereocenters. The Morgan fingerprint density at radius 1 is 0.675 bits per heavy atom. The van der Waals surface area contributed by atoms with Crippen molar-refractivity contribution in [3.8, 4) is 0 Å². The molecule has 0 radical (unpaired) electrons. The molecule has 0 aromatic heterocycles. The number of hydrogen-bond donors (Lipinski definition) is 0. The summed E-state index contributed by atoms with van der Waals surface area (Å²) in [5.41, 5.74) is 7.52. The Hall–Kier alpha value is -3.90. The minimum absolute atomic E-state index is 0.556. The first-order valence-electron chi connectivity index (χ1n) is 15.3. The molecule has 0 spiro atoms. The second-order valence-electron chi connectivity index (χ2n) is 12.1. The molecule has 3 aromatic carbocycles. The lowest BCUT2D eigenvalue weighted by Crippen LogP contribution is -2.38. The van der Waals surface area contributed by atoms with Crippen LogP contribution < -0.4 is 20.9 Å². The molecule has 3 atom stereocenters. The van der Waals surface area contributed by atoms with Crippen molar-refractivity contribution >= 4 is 40.1 Å². The van der Waals surface area contributed by atoms with Gasteiger partial charge in [0, 0.05) is 0 Å². The number of rotatable bonds is 3. The summed E-state index contributed by atoms with van der Waals surface area (Å²) < 4.78 is 0. The van der Waals surface area contributed by atoms with Gasteiger partial charge in [-0.25, -0.2) is 0 Å². The zero-order chi connectivity index (χ0) is 26.5. The molecular weight excluding hydrogens is 480 g/mol. The molecule has 0 saturated heterocycles. The number of benzene rings is 3. The minimum Gasteiger partial charge on any atom is -0.0839 e. The molecule has 8 rings (SSSR count). The molecule has 0 heteroatoms. The second-order valence-corrected chi connectivity index (χ2v) is 12.1. The van der Waals surface area contributed by atoms with Crippen molar-refractivity contribution in [2.75, 3.05) is 0 Å². The predicted molar refractivity (Wildman–Crippen MR) is 171 cm³/mol. The largest absolute Gasteiger partial charge is 0.0839 e. The van der Waals surface area contributed by atoms with E-state index in [0.717, 1.165) is 32.1 Å². The predicted octanol–water partition coefficient (Wildman–Crippen LogP) is 7.01. The van der Waals surface area contributed by atoms with Gasteiger partial charge in [0.1, 0.15) is 0 Å². The van der Waals surface area contributed by atoms with E-state index in [9.17, 15) is 0 Å². The van der Waals surface area contributed by atoms with Crippen LogP contribution in [0.2, 0.25) is 0 Å². The fourth-order valence-corrected chi connectivity index (χ4v) is 8.01. The Labute approximate surface area is 237 Å². The van der Waals surface area contributed by atoms with Gasteiger partial charge in [0.15, 0.2) is 0 Å². The molecule has 0 bridgehead atoms. The summed E-state index contributed by atoms with van der Waals surface area (Å²) in [4.78, 5) is 0. The summed E-state index contributed by atoms with van der Waals surface area (Å²) in [6, 6.07) is 18.3. The van der Waals surface area contributed by atoms with Gasteiger partial charge >= 0.3 is 0 Å². The van der Waals surface area contributed by atoms with E-state index in [1.807, 2.05) is 0 Å². The molecule has 0 heterocycles. The minimum atomic E-state index is 0.556. The number of allylic oxidation sites excluding steroid dienone is 10. The van der Waals surface area contributed by atoms with Crippen LogP contribution in [0, 0.1) is 17.8 Å². The van der Waals surface area contributed by atoms with Crippen LogP contribution in [0.5, 0.6) is 0 Å². The summed E-state index contributed by atoms with van der Waals surface area (Å²) in [6.07, 6.45) is 34.6. The zero-order valence-corrected chi connectivity index (χ0v) is 23.2. The average molecular weight is 517 g/mol. The highest BCUT2D eigenvalue weighted by atomic mass is 14.3. The molecule has 0 aliphatic heterocycles. The number of fused-ring (bicyclic) bond motifs is 4. The molecule has 3 aromatic rings. The zero-order valence-electron chi connectivity index (χ0n) is 23.2. The highest BCUT2D eigenvalue weighted by Gasteiger charge is 2.29. The highest BCUT2D eigenvalue weighted by Crippen LogP contribution is 2.41. The summed E-state index contributed by atoms with van der Waals surface area (Å²) in [7, 11) is 0. The van der Waals surface area contributed by atoms with Crippen molar-refractivity contribution in [3.63, 3.8) is 0 Å². The molecule has 40 heavy (non-hydrogen) atoms. The first kappa shape index (κ1) is 23.9. The van der Waals surface area contributed by atoms with Gasteiger partial charge in [-0.05, 0) is 122 Å². The van der Waals surface area contributed by atoms with E-state index in [1.54, 1.807) is 0 Å². The SMILES string of the molecule is C1=CCC2CC(C3C=CC=C(c4c5c(c(C6=c7ccccc7=CCC6)c6ccccc46)=CCCC=5)C3)C=CC2=C1. The smallest absolute Gasteiger partial charge is 0.00639 e. The van der Waals surface area contributed by atoms with Crippen molar-refractivity contribution in [3.05, 3.63) is 135 Å². The van der Waals surface area contributed by atoms with E-state index in [2.05, 4.69) is 115 Å². The van der Waals surface area contributed by atoms with E-state index in [-0.39, 0.29) is 0 Å². The van der Waals surface area contributed by atoms with Crippen LogP contribution in [0.1, 0.15) is 56.1 Å². The van der Waals surface area contributed by atoms with Crippen molar-refractivity contribution in [1.29, 1.82) is 0 Å². The van der Waals surface area contributed by atoms with Crippen LogP contribution in [0.3, 0.4) is 0 Å². The molecule has 0 N–H and O–H groups in total. The second kappa shape index (κ2) is 9.93. The third-order valence-electron chi connectivity index (χ3n) is 9.90. The Morgan fingerprint density at radius 3 is 2.38 bits per heavy atom. The lowest BCUT2D eigenvalue weighted by atomic mass is 9.71. The Kier molecular flexibility index (Phi) is 5.95. The first-order chi connectivity index (χ1) is 19.8. The molecule has 5 aliphatic carbocycles.